The second-order valence-electron chi connectivity index (χ2n) is 5.58. The Kier molecular flexibility index (Phi) is 11.4. The first-order valence-corrected chi connectivity index (χ1v) is 7.67. The minimum absolute atomic E-state index is 0. The number of aromatic nitrogens is 2. The van der Waals surface area contributed by atoms with Gasteiger partial charge in [0.2, 0.25) is 0 Å². The molecule has 21 heavy (non-hydrogen) atoms. The van der Waals surface area contributed by atoms with E-state index in [1.807, 2.05) is 12.4 Å². The van der Waals surface area contributed by atoms with Gasteiger partial charge in [-0.2, -0.15) is 0 Å². The van der Waals surface area contributed by atoms with Crippen LogP contribution in [0, 0.1) is 5.92 Å². The van der Waals surface area contributed by atoms with Crippen molar-refractivity contribution in [3.8, 4) is 0 Å². The maximum absolute atomic E-state index is 5.86. The van der Waals surface area contributed by atoms with E-state index in [0.29, 0.717) is 18.4 Å². The fraction of sp³-hybridized carbons (Fsp3) is 0.733. The Morgan fingerprint density at radius 3 is 2.81 bits per heavy atom. The highest BCUT2D eigenvalue weighted by atomic mass is 127. The third kappa shape index (κ3) is 8.95. The molecular formula is C15H30IN5. The molecule has 0 amide bonds. The summed E-state index contributed by atoms with van der Waals surface area (Å²) in [6, 6.07) is 0. The van der Waals surface area contributed by atoms with Crippen LogP contribution in [-0.2, 0) is 13.1 Å². The molecule has 0 aromatic carbocycles. The van der Waals surface area contributed by atoms with Gasteiger partial charge in [-0.15, -0.1) is 24.0 Å². The Hall–Kier alpha value is -0.790. The van der Waals surface area contributed by atoms with Crippen LogP contribution in [0.4, 0.5) is 0 Å². The zero-order chi connectivity index (χ0) is 14.8. The SMILES string of the molecule is CCCCCCNC(N)=NCc1nccn1CC(C)C.I. The standard InChI is InChI=1S/C15H29N5.HI/c1-4-5-6-7-8-18-15(16)19-11-14-17-9-10-20(14)12-13(2)3;/h9-10,13H,4-8,11-12H2,1-3H3,(H3,16,18,19);1H. The highest BCUT2D eigenvalue weighted by molar-refractivity contribution is 14.0. The lowest BCUT2D eigenvalue weighted by Crippen LogP contribution is -2.32. The number of nitrogens with one attached hydrogen (secondary N) is 1. The van der Waals surface area contributed by atoms with Gasteiger partial charge in [0, 0.05) is 25.5 Å². The second kappa shape index (κ2) is 11.8. The minimum atomic E-state index is 0. The number of unbranched alkanes of at least 4 members (excludes halogenated alkanes) is 3. The molecule has 0 saturated carbocycles. The molecule has 1 rings (SSSR count). The Morgan fingerprint density at radius 1 is 1.38 bits per heavy atom. The summed E-state index contributed by atoms with van der Waals surface area (Å²) >= 11 is 0. The van der Waals surface area contributed by atoms with Crippen molar-refractivity contribution in [1.29, 1.82) is 0 Å². The molecule has 6 heteroatoms. The van der Waals surface area contributed by atoms with Crippen LogP contribution in [-0.4, -0.2) is 22.1 Å². The monoisotopic (exact) mass is 407 g/mol. The van der Waals surface area contributed by atoms with Crippen molar-refractivity contribution in [2.45, 2.75) is 59.5 Å². The Balaban J connectivity index is 0.00000400. The topological polar surface area (TPSA) is 68.2 Å². The number of aliphatic imine (C=N–C) groups is 1. The molecule has 5 nitrogen and oxygen atoms in total. The number of halogens is 1. The molecule has 0 radical (unpaired) electrons. The molecule has 122 valence electrons. The first kappa shape index (κ1) is 20.2. The lowest BCUT2D eigenvalue weighted by Gasteiger charge is -2.09. The molecule has 0 bridgehead atoms. The van der Waals surface area contributed by atoms with E-state index in [1.54, 1.807) is 0 Å². The molecule has 0 aliphatic rings. The third-order valence-electron chi connectivity index (χ3n) is 3.09. The molecule has 1 heterocycles. The molecular weight excluding hydrogens is 377 g/mol. The lowest BCUT2D eigenvalue weighted by atomic mass is 10.2. The Bertz CT molecular complexity index is 401. The number of rotatable bonds is 9. The molecule has 0 aliphatic carbocycles. The number of nitrogens with two attached hydrogens (primary N) is 1. The lowest BCUT2D eigenvalue weighted by molar-refractivity contribution is 0.507. The smallest absolute Gasteiger partial charge is 0.189 e. The van der Waals surface area contributed by atoms with Crippen LogP contribution < -0.4 is 11.1 Å². The van der Waals surface area contributed by atoms with Gasteiger partial charge >= 0.3 is 0 Å². The van der Waals surface area contributed by atoms with Crippen molar-refractivity contribution in [2.24, 2.45) is 16.6 Å². The summed E-state index contributed by atoms with van der Waals surface area (Å²) in [6.07, 6.45) is 8.75. The van der Waals surface area contributed by atoms with Crippen molar-refractivity contribution >= 4 is 29.9 Å². The quantitative estimate of drug-likeness (QED) is 0.286. The van der Waals surface area contributed by atoms with Gasteiger partial charge in [-0.3, -0.25) is 0 Å². The van der Waals surface area contributed by atoms with Gasteiger partial charge in [0.25, 0.3) is 0 Å². The van der Waals surface area contributed by atoms with Crippen molar-refractivity contribution in [1.82, 2.24) is 14.9 Å². The predicted molar refractivity (Wildman–Crippen MR) is 100.0 cm³/mol. The highest BCUT2D eigenvalue weighted by Gasteiger charge is 2.04. The van der Waals surface area contributed by atoms with E-state index in [-0.39, 0.29) is 24.0 Å². The summed E-state index contributed by atoms with van der Waals surface area (Å²) in [5.41, 5.74) is 5.86. The van der Waals surface area contributed by atoms with Gasteiger partial charge < -0.3 is 15.6 Å². The molecule has 0 unspecified atom stereocenters. The normalized spacial score (nSPS) is 11.5. The summed E-state index contributed by atoms with van der Waals surface area (Å²) in [4.78, 5) is 8.69. The first-order valence-electron chi connectivity index (χ1n) is 7.67. The highest BCUT2D eigenvalue weighted by Crippen LogP contribution is 2.04. The van der Waals surface area contributed by atoms with Crippen molar-refractivity contribution < 1.29 is 0 Å². The molecule has 0 saturated heterocycles. The number of nitrogens with zero attached hydrogens (tertiary/aromatic N) is 3. The van der Waals surface area contributed by atoms with E-state index in [0.717, 1.165) is 25.3 Å². The largest absolute Gasteiger partial charge is 0.370 e. The number of guanidine groups is 1. The minimum Gasteiger partial charge on any atom is -0.370 e. The summed E-state index contributed by atoms with van der Waals surface area (Å²) in [5.74, 6) is 2.08. The van der Waals surface area contributed by atoms with Gasteiger partial charge in [0.05, 0.1) is 0 Å². The van der Waals surface area contributed by atoms with Crippen molar-refractivity contribution in [3.63, 3.8) is 0 Å². The van der Waals surface area contributed by atoms with E-state index in [2.05, 4.69) is 40.6 Å². The van der Waals surface area contributed by atoms with E-state index >= 15 is 0 Å². The van der Waals surface area contributed by atoms with Crippen LogP contribution in [0.2, 0.25) is 0 Å². The van der Waals surface area contributed by atoms with Gasteiger partial charge in [-0.1, -0.05) is 40.0 Å². The van der Waals surface area contributed by atoms with Gasteiger partial charge in [0.15, 0.2) is 5.96 Å². The Morgan fingerprint density at radius 2 is 2.14 bits per heavy atom. The number of hydrogen-bond donors (Lipinski definition) is 2. The van der Waals surface area contributed by atoms with Gasteiger partial charge in [0.1, 0.15) is 12.4 Å². The molecule has 1 aromatic rings. The van der Waals surface area contributed by atoms with E-state index in [9.17, 15) is 0 Å². The number of imidazole rings is 1. The maximum Gasteiger partial charge on any atom is 0.189 e. The van der Waals surface area contributed by atoms with Crippen LogP contribution in [0.3, 0.4) is 0 Å². The van der Waals surface area contributed by atoms with E-state index in [1.165, 1.54) is 19.3 Å². The third-order valence-corrected chi connectivity index (χ3v) is 3.09. The zero-order valence-electron chi connectivity index (χ0n) is 13.5. The average molecular weight is 407 g/mol. The molecule has 1 aromatic heterocycles. The summed E-state index contributed by atoms with van der Waals surface area (Å²) in [6.45, 7) is 9.00. The average Bonchev–Trinajstić information content (AvgIpc) is 2.82. The Labute approximate surface area is 145 Å². The van der Waals surface area contributed by atoms with Crippen LogP contribution in [0.5, 0.6) is 0 Å². The second-order valence-corrected chi connectivity index (χ2v) is 5.58. The first-order chi connectivity index (χ1) is 9.63. The van der Waals surface area contributed by atoms with Crippen LogP contribution >= 0.6 is 24.0 Å². The molecule has 3 N–H and O–H groups in total. The number of hydrogen-bond acceptors (Lipinski definition) is 2. The fourth-order valence-electron chi connectivity index (χ4n) is 2.03. The van der Waals surface area contributed by atoms with Crippen LogP contribution in [0.25, 0.3) is 0 Å². The fourth-order valence-corrected chi connectivity index (χ4v) is 2.03. The van der Waals surface area contributed by atoms with Gasteiger partial charge in [-0.25, -0.2) is 9.98 Å². The summed E-state index contributed by atoms with van der Waals surface area (Å²) < 4.78 is 2.14. The van der Waals surface area contributed by atoms with Crippen molar-refractivity contribution in [2.75, 3.05) is 6.54 Å². The van der Waals surface area contributed by atoms with Crippen molar-refractivity contribution in [3.05, 3.63) is 18.2 Å². The summed E-state index contributed by atoms with van der Waals surface area (Å²) in [5, 5.41) is 3.15. The molecule has 0 fully saturated rings. The maximum atomic E-state index is 5.86. The van der Waals surface area contributed by atoms with E-state index in [4.69, 9.17) is 5.73 Å². The molecule has 0 spiro atoms. The zero-order valence-corrected chi connectivity index (χ0v) is 15.8. The predicted octanol–water partition coefficient (Wildman–Crippen LogP) is 3.14. The molecule has 0 atom stereocenters. The summed E-state index contributed by atoms with van der Waals surface area (Å²) in [7, 11) is 0. The van der Waals surface area contributed by atoms with Crippen LogP contribution in [0.1, 0.15) is 52.3 Å². The van der Waals surface area contributed by atoms with Gasteiger partial charge in [-0.05, 0) is 12.3 Å². The molecule has 0 aliphatic heterocycles. The van der Waals surface area contributed by atoms with Crippen LogP contribution in [0.15, 0.2) is 17.4 Å². The van der Waals surface area contributed by atoms with E-state index < -0.39 is 0 Å².